The van der Waals surface area contributed by atoms with Gasteiger partial charge in [0.05, 0.1) is 27.1 Å². The number of nitrogens with one attached hydrogen (secondary N) is 4. The van der Waals surface area contributed by atoms with E-state index in [0.29, 0.717) is 0 Å². The van der Waals surface area contributed by atoms with Crippen molar-refractivity contribution in [2.24, 2.45) is 0 Å². The smallest absolute Gasteiger partial charge is 0.303 e. The summed E-state index contributed by atoms with van der Waals surface area (Å²) in [5, 5.41) is 24.9. The van der Waals surface area contributed by atoms with Gasteiger partial charge in [0.25, 0.3) is 0 Å². The lowest BCUT2D eigenvalue weighted by Gasteiger charge is -2.14. The highest BCUT2D eigenvalue weighted by molar-refractivity contribution is 5.98. The summed E-state index contributed by atoms with van der Waals surface area (Å²) >= 11 is 0. The van der Waals surface area contributed by atoms with Crippen LogP contribution in [0, 0.1) is 0 Å². The summed E-state index contributed by atoms with van der Waals surface area (Å²) in [5.41, 5.74) is 7.63. The van der Waals surface area contributed by atoms with Crippen LogP contribution in [0.3, 0.4) is 0 Å². The average molecular weight is 575 g/mol. The first-order chi connectivity index (χ1) is 20.4. The summed E-state index contributed by atoms with van der Waals surface area (Å²) in [4.78, 5) is 25.9. The highest BCUT2D eigenvalue weighted by Crippen LogP contribution is 2.35. The van der Waals surface area contributed by atoms with Crippen molar-refractivity contribution in [3.8, 4) is 11.5 Å². The number of H-pyrrole nitrogens is 2. The van der Waals surface area contributed by atoms with Crippen molar-refractivity contribution in [2.75, 3.05) is 40.4 Å². The van der Waals surface area contributed by atoms with Gasteiger partial charge in [-0.05, 0) is 61.3 Å². The first kappa shape index (κ1) is 30.4. The van der Waals surface area contributed by atoms with E-state index in [1.807, 2.05) is 24.3 Å². The van der Waals surface area contributed by atoms with E-state index in [2.05, 4.69) is 57.3 Å². The van der Waals surface area contributed by atoms with Gasteiger partial charge in [0.2, 0.25) is 0 Å². The third-order valence-electron chi connectivity index (χ3n) is 7.15. The normalized spacial score (nSPS) is 14.5. The van der Waals surface area contributed by atoms with Crippen LogP contribution in [0.25, 0.3) is 33.0 Å². The average Bonchev–Trinajstić information content (AvgIpc) is 3.66. The number of benzene rings is 2. The van der Waals surface area contributed by atoms with Crippen molar-refractivity contribution in [2.45, 2.75) is 25.7 Å². The van der Waals surface area contributed by atoms with E-state index in [1.54, 1.807) is 14.2 Å². The molecule has 0 saturated carbocycles. The molecule has 2 aromatic heterocycles. The van der Waals surface area contributed by atoms with Gasteiger partial charge in [-0.3, -0.25) is 9.59 Å². The fourth-order valence-corrected chi connectivity index (χ4v) is 5.10. The van der Waals surface area contributed by atoms with Crippen molar-refractivity contribution in [3.05, 3.63) is 72.1 Å². The predicted octanol–water partition coefficient (Wildman–Crippen LogP) is 5.04. The maximum absolute atomic E-state index is 9.64. The Bertz CT molecular complexity index is 1460. The molecule has 10 nitrogen and oxygen atoms in total. The minimum Gasteiger partial charge on any atom is -0.496 e. The zero-order valence-electron chi connectivity index (χ0n) is 24.0. The monoisotopic (exact) mass is 574 g/mol. The predicted molar refractivity (Wildman–Crippen MR) is 165 cm³/mol. The lowest BCUT2D eigenvalue weighted by Crippen LogP contribution is -2.19. The molecule has 4 aromatic rings. The fourth-order valence-electron chi connectivity index (χ4n) is 5.10. The molecule has 2 aliphatic heterocycles. The molecule has 4 heterocycles. The first-order valence-corrected chi connectivity index (χ1v) is 13.9. The first-order valence-electron chi connectivity index (χ1n) is 13.9. The fraction of sp³-hybridized carbons (Fsp3) is 0.312. The minimum atomic E-state index is -1.08. The molecule has 0 saturated heterocycles. The maximum Gasteiger partial charge on any atom is 0.303 e. The van der Waals surface area contributed by atoms with Gasteiger partial charge in [-0.2, -0.15) is 0 Å². The molecule has 0 radical (unpaired) electrons. The molecule has 222 valence electrons. The van der Waals surface area contributed by atoms with Crippen LogP contribution in [0.15, 0.2) is 60.9 Å². The number of aromatic nitrogens is 2. The lowest BCUT2D eigenvalue weighted by atomic mass is 9.99. The Morgan fingerprint density at radius 2 is 1.14 bits per heavy atom. The Morgan fingerprint density at radius 3 is 1.48 bits per heavy atom. The summed E-state index contributed by atoms with van der Waals surface area (Å²) in [5.74, 6) is -0.267. The van der Waals surface area contributed by atoms with Gasteiger partial charge in [0.1, 0.15) is 11.5 Å². The van der Waals surface area contributed by atoms with E-state index in [9.17, 15) is 9.59 Å². The number of hydrogen-bond acceptors (Lipinski definition) is 6. The van der Waals surface area contributed by atoms with Crippen LogP contribution in [0.2, 0.25) is 0 Å². The Hall–Kier alpha value is -4.54. The van der Waals surface area contributed by atoms with Crippen LogP contribution < -0.4 is 20.1 Å². The quantitative estimate of drug-likeness (QED) is 0.180. The van der Waals surface area contributed by atoms with Crippen molar-refractivity contribution >= 4 is 44.9 Å². The molecular weight excluding hydrogens is 536 g/mol. The third-order valence-corrected chi connectivity index (χ3v) is 7.15. The van der Waals surface area contributed by atoms with E-state index < -0.39 is 11.9 Å². The molecule has 0 aliphatic carbocycles. The Morgan fingerprint density at radius 1 is 0.714 bits per heavy atom. The summed E-state index contributed by atoms with van der Waals surface area (Å²) < 4.78 is 10.9. The topological polar surface area (TPSA) is 149 Å². The number of carboxylic acids is 2. The van der Waals surface area contributed by atoms with Crippen LogP contribution in [-0.4, -0.2) is 72.5 Å². The number of carbonyl (C=O) groups is 2. The second-order valence-electron chi connectivity index (χ2n) is 9.82. The van der Waals surface area contributed by atoms with Crippen LogP contribution in [-0.2, 0) is 9.59 Å². The van der Waals surface area contributed by atoms with E-state index in [1.165, 1.54) is 33.0 Å². The number of ether oxygens (including phenoxy) is 2. The van der Waals surface area contributed by atoms with Crippen molar-refractivity contribution in [3.63, 3.8) is 0 Å². The molecule has 0 spiro atoms. The van der Waals surface area contributed by atoms with Crippen LogP contribution in [0.5, 0.6) is 11.5 Å². The van der Waals surface area contributed by atoms with Crippen LogP contribution in [0.4, 0.5) is 0 Å². The number of fused-ring (bicyclic) bond motifs is 2. The van der Waals surface area contributed by atoms with Crippen LogP contribution >= 0.6 is 0 Å². The van der Waals surface area contributed by atoms with Crippen molar-refractivity contribution < 1.29 is 29.3 Å². The molecular formula is C32H38N4O6. The number of aromatic amines is 2. The van der Waals surface area contributed by atoms with E-state index in [-0.39, 0.29) is 12.8 Å². The van der Waals surface area contributed by atoms with Crippen molar-refractivity contribution in [1.29, 1.82) is 0 Å². The Labute approximate surface area is 244 Å². The second-order valence-corrected chi connectivity index (χ2v) is 9.82. The molecule has 0 fully saturated rings. The molecule has 2 aliphatic rings. The molecule has 2 aromatic carbocycles. The standard InChI is InChI=1S/2C14H16N2O.C4H6O4/c2*1-17-13-4-2-3-12-14(13)11(9-16-12)10-5-7-15-8-6-10;5-3(6)1-2-4(7)8/h2*2-5,9,15-16H,6-8H2,1H3;1-2H2,(H,5,6)(H,7,8). The number of rotatable bonds is 7. The summed E-state index contributed by atoms with van der Waals surface area (Å²) in [6, 6.07) is 12.2. The summed E-state index contributed by atoms with van der Waals surface area (Å²) in [6.45, 7) is 4.01. The van der Waals surface area contributed by atoms with E-state index in [0.717, 1.165) is 61.6 Å². The molecule has 42 heavy (non-hydrogen) atoms. The number of carboxylic acid groups (broad SMARTS) is 2. The molecule has 6 N–H and O–H groups in total. The second kappa shape index (κ2) is 14.9. The van der Waals surface area contributed by atoms with Crippen molar-refractivity contribution in [1.82, 2.24) is 20.6 Å². The SMILES string of the molecule is COc1cccc2[nH]cc(C3=CCNCC3)c12.COc1cccc2[nH]cc(C3=CCNCC3)c12.O=C(O)CCC(=O)O. The van der Waals surface area contributed by atoms with Gasteiger partial charge in [0, 0.05) is 58.4 Å². The van der Waals surface area contributed by atoms with Gasteiger partial charge in [-0.25, -0.2) is 0 Å². The molecule has 0 bridgehead atoms. The van der Waals surface area contributed by atoms with Gasteiger partial charge in [-0.15, -0.1) is 0 Å². The van der Waals surface area contributed by atoms with Crippen LogP contribution in [0.1, 0.15) is 36.8 Å². The molecule has 0 unspecified atom stereocenters. The van der Waals surface area contributed by atoms with Gasteiger partial charge < -0.3 is 40.3 Å². The Balaban J connectivity index is 0.000000155. The third kappa shape index (κ3) is 7.59. The zero-order chi connectivity index (χ0) is 29.9. The highest BCUT2D eigenvalue weighted by Gasteiger charge is 2.15. The molecule has 0 atom stereocenters. The summed E-state index contributed by atoms with van der Waals surface area (Å²) in [7, 11) is 3.45. The largest absolute Gasteiger partial charge is 0.496 e. The number of methoxy groups -OCH3 is 2. The summed E-state index contributed by atoms with van der Waals surface area (Å²) in [6.07, 6.45) is 10.3. The maximum atomic E-state index is 9.64. The van der Waals surface area contributed by atoms with Gasteiger partial charge >= 0.3 is 11.9 Å². The van der Waals surface area contributed by atoms with E-state index in [4.69, 9.17) is 19.7 Å². The minimum absolute atomic E-state index is 0.296. The molecule has 0 amide bonds. The highest BCUT2D eigenvalue weighted by atomic mass is 16.5. The van der Waals surface area contributed by atoms with E-state index >= 15 is 0 Å². The lowest BCUT2D eigenvalue weighted by molar-refractivity contribution is -0.143. The number of aliphatic carboxylic acids is 2. The molecule has 10 heteroatoms. The van der Waals surface area contributed by atoms with Gasteiger partial charge in [-0.1, -0.05) is 24.3 Å². The zero-order valence-corrected chi connectivity index (χ0v) is 24.0. The van der Waals surface area contributed by atoms with Gasteiger partial charge in [0.15, 0.2) is 0 Å². The molecule has 6 rings (SSSR count). The Kier molecular flexibility index (Phi) is 10.8. The number of hydrogen-bond donors (Lipinski definition) is 6.